The zero-order valence-electron chi connectivity index (χ0n) is 15.9. The largest absolute Gasteiger partial charge is 0.368 e. The van der Waals surface area contributed by atoms with Crippen molar-refractivity contribution < 1.29 is 0 Å². The summed E-state index contributed by atoms with van der Waals surface area (Å²) in [6, 6.07) is 6.58. The Bertz CT molecular complexity index is 748. The minimum absolute atomic E-state index is 0.791. The van der Waals surface area contributed by atoms with E-state index in [0.717, 1.165) is 51.0 Å². The Morgan fingerprint density at radius 2 is 1.54 bits per heavy atom. The standard InChI is InChI=1S/C20H28N6/c1-16-7-6-8-18(17(16)2)24-11-13-25(14-12-24)19-15-21-23-20(22-19)26-9-4-3-5-10-26/h6-8,15H,3-5,9-14H2,1-2H3. The van der Waals surface area contributed by atoms with Crippen LogP contribution >= 0.6 is 0 Å². The van der Waals surface area contributed by atoms with E-state index < -0.39 is 0 Å². The van der Waals surface area contributed by atoms with Gasteiger partial charge in [0.2, 0.25) is 5.95 Å². The van der Waals surface area contributed by atoms with Gasteiger partial charge in [0, 0.05) is 45.0 Å². The van der Waals surface area contributed by atoms with E-state index in [4.69, 9.17) is 4.98 Å². The van der Waals surface area contributed by atoms with Crippen LogP contribution in [0.5, 0.6) is 0 Å². The second-order valence-electron chi connectivity index (χ2n) is 7.36. The van der Waals surface area contributed by atoms with Gasteiger partial charge in [0.25, 0.3) is 0 Å². The van der Waals surface area contributed by atoms with E-state index in [1.807, 2.05) is 0 Å². The normalized spacial score (nSPS) is 18.3. The summed E-state index contributed by atoms with van der Waals surface area (Å²) in [6.45, 7) is 10.4. The molecular formula is C20H28N6. The summed E-state index contributed by atoms with van der Waals surface area (Å²) in [4.78, 5) is 11.9. The minimum atomic E-state index is 0.791. The maximum Gasteiger partial charge on any atom is 0.247 e. The molecule has 0 N–H and O–H groups in total. The first kappa shape index (κ1) is 17.1. The predicted octanol–water partition coefficient (Wildman–Crippen LogP) is 2.81. The van der Waals surface area contributed by atoms with Crippen molar-refractivity contribution in [2.75, 3.05) is 54.0 Å². The lowest BCUT2D eigenvalue weighted by Gasteiger charge is -2.37. The Kier molecular flexibility index (Phi) is 4.91. The number of rotatable bonds is 3. The smallest absolute Gasteiger partial charge is 0.247 e. The highest BCUT2D eigenvalue weighted by atomic mass is 15.4. The van der Waals surface area contributed by atoms with Gasteiger partial charge in [-0.2, -0.15) is 10.1 Å². The van der Waals surface area contributed by atoms with Gasteiger partial charge in [0.05, 0.1) is 6.20 Å². The summed E-state index contributed by atoms with van der Waals surface area (Å²) in [7, 11) is 0. The highest BCUT2D eigenvalue weighted by Crippen LogP contribution is 2.25. The van der Waals surface area contributed by atoms with Crippen LogP contribution in [-0.2, 0) is 0 Å². The molecule has 2 aliphatic rings. The maximum absolute atomic E-state index is 4.81. The molecule has 3 heterocycles. The average molecular weight is 352 g/mol. The Balaban J connectivity index is 1.44. The van der Waals surface area contributed by atoms with Gasteiger partial charge in [-0.15, -0.1) is 5.10 Å². The number of piperazine rings is 1. The lowest BCUT2D eigenvalue weighted by molar-refractivity contribution is 0.563. The molecule has 1 aromatic heterocycles. The highest BCUT2D eigenvalue weighted by molar-refractivity contribution is 5.57. The molecule has 2 aromatic rings. The zero-order valence-corrected chi connectivity index (χ0v) is 15.9. The van der Waals surface area contributed by atoms with Crippen LogP contribution in [0.25, 0.3) is 0 Å². The molecule has 0 bridgehead atoms. The lowest BCUT2D eigenvalue weighted by Crippen LogP contribution is -2.47. The van der Waals surface area contributed by atoms with Crippen molar-refractivity contribution in [2.45, 2.75) is 33.1 Å². The third-order valence-corrected chi connectivity index (χ3v) is 5.69. The molecule has 0 unspecified atom stereocenters. The minimum Gasteiger partial charge on any atom is -0.368 e. The number of aromatic nitrogens is 3. The van der Waals surface area contributed by atoms with Gasteiger partial charge in [0.1, 0.15) is 0 Å². The van der Waals surface area contributed by atoms with Gasteiger partial charge in [-0.1, -0.05) is 12.1 Å². The van der Waals surface area contributed by atoms with Crippen LogP contribution < -0.4 is 14.7 Å². The number of nitrogens with zero attached hydrogens (tertiary/aromatic N) is 6. The maximum atomic E-state index is 4.81. The molecule has 0 spiro atoms. The molecule has 2 aliphatic heterocycles. The molecule has 6 heteroatoms. The first-order valence-electron chi connectivity index (χ1n) is 9.73. The summed E-state index contributed by atoms with van der Waals surface area (Å²) in [5, 5.41) is 8.50. The van der Waals surface area contributed by atoms with Gasteiger partial charge in [0.15, 0.2) is 5.82 Å². The van der Waals surface area contributed by atoms with E-state index in [2.05, 4.69) is 56.9 Å². The lowest BCUT2D eigenvalue weighted by atomic mass is 10.1. The van der Waals surface area contributed by atoms with Gasteiger partial charge in [-0.25, -0.2) is 0 Å². The fourth-order valence-corrected chi connectivity index (χ4v) is 3.92. The number of piperidine rings is 1. The third kappa shape index (κ3) is 3.45. The molecule has 26 heavy (non-hydrogen) atoms. The van der Waals surface area contributed by atoms with Gasteiger partial charge >= 0.3 is 0 Å². The summed E-state index contributed by atoms with van der Waals surface area (Å²) >= 11 is 0. The van der Waals surface area contributed by atoms with Crippen molar-refractivity contribution in [3.63, 3.8) is 0 Å². The van der Waals surface area contributed by atoms with Crippen molar-refractivity contribution >= 4 is 17.5 Å². The molecule has 0 saturated carbocycles. The number of aryl methyl sites for hydroxylation is 1. The molecule has 0 amide bonds. The zero-order chi connectivity index (χ0) is 17.9. The summed E-state index contributed by atoms with van der Waals surface area (Å²) < 4.78 is 0. The van der Waals surface area contributed by atoms with E-state index in [0.29, 0.717) is 0 Å². The third-order valence-electron chi connectivity index (χ3n) is 5.69. The number of benzene rings is 1. The van der Waals surface area contributed by atoms with Gasteiger partial charge < -0.3 is 14.7 Å². The van der Waals surface area contributed by atoms with Crippen molar-refractivity contribution in [3.8, 4) is 0 Å². The summed E-state index contributed by atoms with van der Waals surface area (Å²) in [5.41, 5.74) is 4.10. The molecule has 2 fully saturated rings. The SMILES string of the molecule is Cc1cccc(N2CCN(c3cnnc(N4CCCCC4)n3)CC2)c1C. The molecule has 2 saturated heterocycles. The highest BCUT2D eigenvalue weighted by Gasteiger charge is 2.21. The van der Waals surface area contributed by atoms with Gasteiger partial charge in [-0.05, 0) is 50.3 Å². The van der Waals surface area contributed by atoms with Crippen LogP contribution in [-0.4, -0.2) is 54.4 Å². The first-order valence-corrected chi connectivity index (χ1v) is 9.73. The van der Waals surface area contributed by atoms with E-state index in [1.165, 1.54) is 36.1 Å². The molecule has 6 nitrogen and oxygen atoms in total. The van der Waals surface area contributed by atoms with E-state index in [1.54, 1.807) is 6.20 Å². The van der Waals surface area contributed by atoms with Crippen LogP contribution in [0.15, 0.2) is 24.4 Å². The summed E-state index contributed by atoms with van der Waals surface area (Å²) in [6.07, 6.45) is 5.56. The summed E-state index contributed by atoms with van der Waals surface area (Å²) in [5.74, 6) is 1.75. The number of hydrogen-bond acceptors (Lipinski definition) is 6. The quantitative estimate of drug-likeness (QED) is 0.847. The molecule has 0 atom stereocenters. The van der Waals surface area contributed by atoms with Crippen LogP contribution in [0.2, 0.25) is 0 Å². The van der Waals surface area contributed by atoms with Crippen molar-refractivity contribution in [1.29, 1.82) is 0 Å². The van der Waals surface area contributed by atoms with Crippen LogP contribution in [0.4, 0.5) is 17.5 Å². The molecule has 1 aromatic carbocycles. The fourth-order valence-electron chi connectivity index (χ4n) is 3.92. The molecule has 4 rings (SSSR count). The van der Waals surface area contributed by atoms with Crippen LogP contribution in [0.1, 0.15) is 30.4 Å². The van der Waals surface area contributed by atoms with E-state index in [-0.39, 0.29) is 0 Å². The van der Waals surface area contributed by atoms with Gasteiger partial charge in [-0.3, -0.25) is 0 Å². The predicted molar refractivity (Wildman–Crippen MR) is 106 cm³/mol. The second-order valence-corrected chi connectivity index (χ2v) is 7.36. The van der Waals surface area contributed by atoms with Crippen molar-refractivity contribution in [1.82, 2.24) is 15.2 Å². The molecule has 138 valence electrons. The van der Waals surface area contributed by atoms with E-state index >= 15 is 0 Å². The Morgan fingerprint density at radius 1 is 0.808 bits per heavy atom. The van der Waals surface area contributed by atoms with Crippen LogP contribution in [0.3, 0.4) is 0 Å². The monoisotopic (exact) mass is 352 g/mol. The Morgan fingerprint density at radius 3 is 2.31 bits per heavy atom. The van der Waals surface area contributed by atoms with E-state index in [9.17, 15) is 0 Å². The molecule has 0 aliphatic carbocycles. The van der Waals surface area contributed by atoms with Crippen molar-refractivity contribution in [3.05, 3.63) is 35.5 Å². The molecular weight excluding hydrogens is 324 g/mol. The average Bonchev–Trinajstić information content (AvgIpc) is 2.71. The fraction of sp³-hybridized carbons (Fsp3) is 0.550. The Hall–Kier alpha value is -2.37. The number of hydrogen-bond donors (Lipinski definition) is 0. The Labute approximate surface area is 155 Å². The van der Waals surface area contributed by atoms with Crippen molar-refractivity contribution in [2.24, 2.45) is 0 Å². The first-order chi connectivity index (χ1) is 12.7. The molecule has 0 radical (unpaired) electrons. The topological polar surface area (TPSA) is 48.4 Å². The second kappa shape index (κ2) is 7.48. The number of anilines is 3. The van der Waals surface area contributed by atoms with Crippen LogP contribution in [0, 0.1) is 13.8 Å².